The zero-order chi connectivity index (χ0) is 13.0. The molecular formula is C10H6F4O3. The van der Waals surface area contributed by atoms with Gasteiger partial charge in [-0.15, -0.1) is 0 Å². The maximum absolute atomic E-state index is 13.2. The number of benzene rings is 1. The minimum atomic E-state index is -3.23. The number of aliphatic carboxylic acids is 1. The van der Waals surface area contributed by atoms with E-state index in [-0.39, 0.29) is 0 Å². The van der Waals surface area contributed by atoms with Gasteiger partial charge in [-0.1, -0.05) is 0 Å². The van der Waals surface area contributed by atoms with Gasteiger partial charge in [0, 0.05) is 6.08 Å². The first-order valence-electron chi connectivity index (χ1n) is 4.25. The minimum absolute atomic E-state index is 0.482. The van der Waals surface area contributed by atoms with Gasteiger partial charge in [-0.2, -0.15) is 8.78 Å². The summed E-state index contributed by atoms with van der Waals surface area (Å²) >= 11 is 0. The molecule has 0 amide bonds. The van der Waals surface area contributed by atoms with Gasteiger partial charge >= 0.3 is 12.6 Å². The van der Waals surface area contributed by atoms with Crippen molar-refractivity contribution < 1.29 is 32.2 Å². The molecule has 0 aromatic heterocycles. The molecule has 0 heterocycles. The summed E-state index contributed by atoms with van der Waals surface area (Å²) in [5.41, 5.74) is -0.687. The van der Waals surface area contributed by atoms with Crippen molar-refractivity contribution in [1.82, 2.24) is 0 Å². The second-order valence-electron chi connectivity index (χ2n) is 2.82. The number of alkyl halides is 2. The van der Waals surface area contributed by atoms with Crippen LogP contribution in [-0.4, -0.2) is 17.7 Å². The van der Waals surface area contributed by atoms with Gasteiger partial charge in [0.1, 0.15) is 5.75 Å². The fourth-order valence-corrected chi connectivity index (χ4v) is 1.06. The highest BCUT2D eigenvalue weighted by Gasteiger charge is 2.15. The summed E-state index contributed by atoms with van der Waals surface area (Å²) in [6.07, 6.45) is 1.12. The normalized spacial score (nSPS) is 11.1. The molecule has 0 bridgehead atoms. The number of halogens is 4. The molecular weight excluding hydrogens is 244 g/mol. The van der Waals surface area contributed by atoms with Crippen LogP contribution < -0.4 is 4.74 Å². The molecule has 17 heavy (non-hydrogen) atoms. The average Bonchev–Trinajstić information content (AvgIpc) is 2.22. The topological polar surface area (TPSA) is 46.5 Å². The molecule has 0 atom stereocenters. The molecule has 0 aliphatic carbocycles. The van der Waals surface area contributed by atoms with E-state index >= 15 is 0 Å². The Bertz CT molecular complexity index is 457. The number of carbonyl (C=O) groups is 1. The number of carboxylic acids is 1. The van der Waals surface area contributed by atoms with E-state index in [2.05, 4.69) is 4.74 Å². The van der Waals surface area contributed by atoms with Crippen LogP contribution in [0, 0.1) is 11.6 Å². The second kappa shape index (κ2) is 5.33. The van der Waals surface area contributed by atoms with Crippen molar-refractivity contribution in [2.45, 2.75) is 6.61 Å². The summed E-state index contributed by atoms with van der Waals surface area (Å²) in [7, 11) is 0. The van der Waals surface area contributed by atoms with Gasteiger partial charge in [0.15, 0.2) is 11.6 Å². The number of hydrogen-bond donors (Lipinski definition) is 1. The fraction of sp³-hybridized carbons (Fsp3) is 0.100. The van der Waals surface area contributed by atoms with Crippen LogP contribution in [0.3, 0.4) is 0 Å². The highest BCUT2D eigenvalue weighted by Crippen LogP contribution is 2.26. The van der Waals surface area contributed by atoms with Gasteiger partial charge in [-0.05, 0) is 18.2 Å². The molecule has 1 rings (SSSR count). The van der Waals surface area contributed by atoms with E-state index in [0.717, 1.165) is 6.07 Å². The molecule has 0 aliphatic heterocycles. The predicted molar refractivity (Wildman–Crippen MR) is 49.7 cm³/mol. The molecule has 0 aliphatic rings. The lowest BCUT2D eigenvalue weighted by Crippen LogP contribution is -2.05. The molecule has 1 aromatic rings. The summed E-state index contributed by atoms with van der Waals surface area (Å²) in [4.78, 5) is 10.2. The van der Waals surface area contributed by atoms with Crippen molar-refractivity contribution in [3.63, 3.8) is 0 Å². The molecule has 0 radical (unpaired) electrons. The first-order valence-corrected chi connectivity index (χ1v) is 4.25. The van der Waals surface area contributed by atoms with E-state index in [1.54, 1.807) is 0 Å². The zero-order valence-electron chi connectivity index (χ0n) is 8.16. The van der Waals surface area contributed by atoms with Crippen molar-refractivity contribution in [3.8, 4) is 5.75 Å². The summed E-state index contributed by atoms with van der Waals surface area (Å²) in [6, 6.07) is 1.39. The quantitative estimate of drug-likeness (QED) is 0.660. The van der Waals surface area contributed by atoms with E-state index in [4.69, 9.17) is 5.11 Å². The Balaban J connectivity index is 3.21. The molecule has 1 aromatic carbocycles. The Morgan fingerprint density at radius 1 is 1.35 bits per heavy atom. The van der Waals surface area contributed by atoms with Gasteiger partial charge in [0.2, 0.25) is 0 Å². The maximum atomic E-state index is 13.2. The van der Waals surface area contributed by atoms with E-state index in [9.17, 15) is 22.4 Å². The summed E-state index contributed by atoms with van der Waals surface area (Å²) in [6.45, 7) is -3.23. The molecule has 0 saturated heterocycles. The third-order valence-electron chi connectivity index (χ3n) is 1.70. The third-order valence-corrected chi connectivity index (χ3v) is 1.70. The molecule has 0 unspecified atom stereocenters. The summed E-state index contributed by atoms with van der Waals surface area (Å²) in [5, 5.41) is 8.32. The van der Waals surface area contributed by atoms with Crippen LogP contribution in [-0.2, 0) is 4.79 Å². The smallest absolute Gasteiger partial charge is 0.387 e. The van der Waals surface area contributed by atoms with Crippen LogP contribution in [0.2, 0.25) is 0 Å². The minimum Gasteiger partial charge on any atom is -0.478 e. The van der Waals surface area contributed by atoms with Gasteiger partial charge in [0.25, 0.3) is 0 Å². The largest absolute Gasteiger partial charge is 0.478 e. The number of ether oxygens (including phenoxy) is 1. The molecule has 3 nitrogen and oxygen atoms in total. The van der Waals surface area contributed by atoms with Gasteiger partial charge in [-0.3, -0.25) is 0 Å². The second-order valence-corrected chi connectivity index (χ2v) is 2.82. The summed E-state index contributed by atoms with van der Waals surface area (Å²) < 4.78 is 53.9. The van der Waals surface area contributed by atoms with Crippen molar-refractivity contribution in [3.05, 3.63) is 35.4 Å². The van der Waals surface area contributed by atoms with E-state index in [1.165, 1.54) is 0 Å². The Labute approximate surface area is 92.9 Å². The Morgan fingerprint density at radius 3 is 2.53 bits per heavy atom. The SMILES string of the molecule is O=C(O)/C=C/c1c(OC(F)F)ccc(F)c1F. The lowest BCUT2D eigenvalue weighted by atomic mass is 10.1. The Hall–Kier alpha value is -2.05. The Kier molecular flexibility index (Phi) is 4.08. The maximum Gasteiger partial charge on any atom is 0.387 e. The van der Waals surface area contributed by atoms with Crippen molar-refractivity contribution >= 4 is 12.0 Å². The molecule has 92 valence electrons. The monoisotopic (exact) mass is 250 g/mol. The van der Waals surface area contributed by atoms with E-state index < -0.39 is 35.5 Å². The fourth-order valence-electron chi connectivity index (χ4n) is 1.06. The number of rotatable bonds is 4. The summed E-state index contributed by atoms with van der Waals surface area (Å²) in [5.74, 6) is -4.83. The van der Waals surface area contributed by atoms with Crippen LogP contribution in [0.15, 0.2) is 18.2 Å². The van der Waals surface area contributed by atoms with Crippen LogP contribution in [0.5, 0.6) is 5.75 Å². The van der Waals surface area contributed by atoms with Crippen molar-refractivity contribution in [2.24, 2.45) is 0 Å². The highest BCUT2D eigenvalue weighted by molar-refractivity contribution is 5.86. The third kappa shape index (κ3) is 3.47. The van der Waals surface area contributed by atoms with Crippen LogP contribution in [0.4, 0.5) is 17.6 Å². The van der Waals surface area contributed by atoms with Crippen LogP contribution in [0.1, 0.15) is 5.56 Å². The average molecular weight is 250 g/mol. The molecule has 0 saturated carbocycles. The Morgan fingerprint density at radius 2 is 2.00 bits per heavy atom. The first kappa shape index (κ1) is 13.0. The van der Waals surface area contributed by atoms with E-state index in [1.807, 2.05) is 0 Å². The van der Waals surface area contributed by atoms with Crippen LogP contribution in [0.25, 0.3) is 6.08 Å². The van der Waals surface area contributed by atoms with Gasteiger partial charge < -0.3 is 9.84 Å². The molecule has 0 fully saturated rings. The lowest BCUT2D eigenvalue weighted by molar-refractivity contribution is -0.131. The lowest BCUT2D eigenvalue weighted by Gasteiger charge is -2.08. The number of carboxylic acid groups (broad SMARTS) is 1. The molecule has 7 heteroatoms. The predicted octanol–water partition coefficient (Wildman–Crippen LogP) is 2.66. The van der Waals surface area contributed by atoms with Crippen LogP contribution >= 0.6 is 0 Å². The van der Waals surface area contributed by atoms with Gasteiger partial charge in [0.05, 0.1) is 5.56 Å². The first-order chi connectivity index (χ1) is 7.91. The van der Waals surface area contributed by atoms with Gasteiger partial charge in [-0.25, -0.2) is 13.6 Å². The van der Waals surface area contributed by atoms with Crippen molar-refractivity contribution in [1.29, 1.82) is 0 Å². The number of hydrogen-bond acceptors (Lipinski definition) is 2. The van der Waals surface area contributed by atoms with E-state index in [0.29, 0.717) is 18.2 Å². The van der Waals surface area contributed by atoms with Crippen molar-refractivity contribution in [2.75, 3.05) is 0 Å². The zero-order valence-corrected chi connectivity index (χ0v) is 8.16. The molecule has 0 spiro atoms. The highest BCUT2D eigenvalue weighted by atomic mass is 19.3. The standard InChI is InChI=1S/C10H6F4O3/c11-6-2-3-7(17-10(13)14)5(9(6)12)1-4-8(15)16/h1-4,10H,(H,15,16)/b4-1+. The molecule has 1 N–H and O–H groups in total.